The summed E-state index contributed by atoms with van der Waals surface area (Å²) in [6.45, 7) is 1.93. The Bertz CT molecular complexity index is 954. The zero-order valence-corrected chi connectivity index (χ0v) is 15.8. The number of anilines is 1. The van der Waals surface area contributed by atoms with Crippen LogP contribution in [-0.2, 0) is 0 Å². The first kappa shape index (κ1) is 19.0. The van der Waals surface area contributed by atoms with Crippen molar-refractivity contribution in [3.63, 3.8) is 0 Å². The summed E-state index contributed by atoms with van der Waals surface area (Å²) >= 11 is 12.2. The van der Waals surface area contributed by atoms with Crippen LogP contribution in [0.25, 0.3) is 0 Å². The largest absolute Gasteiger partial charge is 0.459 e. The summed E-state index contributed by atoms with van der Waals surface area (Å²) in [5.41, 5.74) is 1.89. The van der Waals surface area contributed by atoms with Crippen molar-refractivity contribution in [2.75, 3.05) is 5.32 Å². The van der Waals surface area contributed by atoms with Crippen LogP contribution in [0.4, 0.5) is 5.69 Å². The number of carbonyl (C=O) groups excluding carboxylic acids is 2. The molecule has 0 bridgehead atoms. The molecule has 0 aliphatic heterocycles. The van der Waals surface area contributed by atoms with Crippen LogP contribution in [-0.4, -0.2) is 17.9 Å². The quantitative estimate of drug-likeness (QED) is 0.452. The molecule has 1 aromatic heterocycles. The van der Waals surface area contributed by atoms with Crippen molar-refractivity contribution in [3.8, 4) is 0 Å². The topological polar surface area (TPSA) is 71.3 Å². The first-order valence-electron chi connectivity index (χ1n) is 8.11. The molecule has 1 amide bonds. The molecular weight excluding hydrogens is 387 g/mol. The molecule has 2 aromatic carbocycles. The van der Waals surface area contributed by atoms with E-state index in [4.69, 9.17) is 27.6 Å². The Balaban J connectivity index is 1.90. The standard InChI is InChI=1S/C20H16Cl2N2O3/c1-12-4-6-13(7-5-12)18(25)19(24-20(26)17-3-2-10-27-17)23-16-11-14(21)8-9-15(16)22/h2-11,19,23H,1H3,(H,24,26)/t19-/m1/s1. The highest BCUT2D eigenvalue weighted by Crippen LogP contribution is 2.26. The van der Waals surface area contributed by atoms with E-state index >= 15 is 0 Å². The molecule has 0 fully saturated rings. The smallest absolute Gasteiger partial charge is 0.288 e. The van der Waals surface area contributed by atoms with Gasteiger partial charge in [0.05, 0.1) is 17.0 Å². The fraction of sp³-hybridized carbons (Fsp3) is 0.100. The minimum absolute atomic E-state index is 0.0932. The number of benzene rings is 2. The highest BCUT2D eigenvalue weighted by Gasteiger charge is 2.24. The molecule has 2 N–H and O–H groups in total. The van der Waals surface area contributed by atoms with E-state index in [0.717, 1.165) is 5.56 Å². The van der Waals surface area contributed by atoms with Crippen molar-refractivity contribution in [2.45, 2.75) is 13.1 Å². The van der Waals surface area contributed by atoms with E-state index in [1.165, 1.54) is 12.3 Å². The number of hydrogen-bond acceptors (Lipinski definition) is 4. The van der Waals surface area contributed by atoms with E-state index in [1.807, 2.05) is 19.1 Å². The van der Waals surface area contributed by atoms with Crippen molar-refractivity contribution < 1.29 is 14.0 Å². The van der Waals surface area contributed by atoms with Crippen LogP contribution < -0.4 is 10.6 Å². The monoisotopic (exact) mass is 402 g/mol. The minimum Gasteiger partial charge on any atom is -0.459 e. The van der Waals surface area contributed by atoms with Crippen LogP contribution >= 0.6 is 23.2 Å². The number of carbonyl (C=O) groups is 2. The van der Waals surface area contributed by atoms with Gasteiger partial charge in [-0.15, -0.1) is 0 Å². The van der Waals surface area contributed by atoms with Crippen LogP contribution in [0.15, 0.2) is 65.3 Å². The highest BCUT2D eigenvalue weighted by molar-refractivity contribution is 6.35. The molecule has 0 aliphatic carbocycles. The molecule has 138 valence electrons. The zero-order chi connectivity index (χ0) is 19.4. The molecule has 3 rings (SSSR count). The van der Waals surface area contributed by atoms with Gasteiger partial charge in [-0.1, -0.05) is 53.0 Å². The lowest BCUT2D eigenvalue weighted by molar-refractivity contribution is 0.0853. The summed E-state index contributed by atoms with van der Waals surface area (Å²) < 4.78 is 5.09. The molecule has 0 saturated heterocycles. The summed E-state index contributed by atoms with van der Waals surface area (Å²) in [6, 6.07) is 15.0. The van der Waals surface area contributed by atoms with Crippen molar-refractivity contribution >= 4 is 40.6 Å². The van der Waals surface area contributed by atoms with Gasteiger partial charge in [0, 0.05) is 10.6 Å². The van der Waals surface area contributed by atoms with Crippen LogP contribution in [0.3, 0.4) is 0 Å². The van der Waals surface area contributed by atoms with Gasteiger partial charge in [0.15, 0.2) is 11.9 Å². The second-order valence-electron chi connectivity index (χ2n) is 5.88. The van der Waals surface area contributed by atoms with E-state index in [-0.39, 0.29) is 11.5 Å². The number of furan rings is 1. The predicted molar refractivity (Wildman–Crippen MR) is 106 cm³/mol. The molecule has 3 aromatic rings. The maximum atomic E-state index is 13.0. The Hall–Kier alpha value is -2.76. The summed E-state index contributed by atoms with van der Waals surface area (Å²) in [6.07, 6.45) is 0.314. The van der Waals surface area contributed by atoms with Gasteiger partial charge in [0.2, 0.25) is 5.78 Å². The van der Waals surface area contributed by atoms with Crippen LogP contribution in [0.5, 0.6) is 0 Å². The summed E-state index contributed by atoms with van der Waals surface area (Å²) in [7, 11) is 0. The van der Waals surface area contributed by atoms with Gasteiger partial charge >= 0.3 is 0 Å². The molecular formula is C20H16Cl2N2O3. The Labute approximate surface area is 166 Å². The van der Waals surface area contributed by atoms with Crippen molar-refractivity contribution in [3.05, 3.63) is 87.8 Å². The van der Waals surface area contributed by atoms with E-state index in [9.17, 15) is 9.59 Å². The maximum Gasteiger partial charge on any atom is 0.288 e. The Morgan fingerprint density at radius 2 is 1.78 bits per heavy atom. The Morgan fingerprint density at radius 3 is 2.44 bits per heavy atom. The lowest BCUT2D eigenvalue weighted by Gasteiger charge is -2.21. The van der Waals surface area contributed by atoms with E-state index in [2.05, 4.69) is 10.6 Å². The third-order valence-corrected chi connectivity index (χ3v) is 4.41. The van der Waals surface area contributed by atoms with Gasteiger partial charge in [-0.3, -0.25) is 9.59 Å². The summed E-state index contributed by atoms with van der Waals surface area (Å²) in [5.74, 6) is -0.766. The first-order valence-corrected chi connectivity index (χ1v) is 8.86. The number of hydrogen-bond donors (Lipinski definition) is 2. The fourth-order valence-electron chi connectivity index (χ4n) is 2.43. The summed E-state index contributed by atoms with van der Waals surface area (Å²) in [4.78, 5) is 25.4. The van der Waals surface area contributed by atoms with Gasteiger partial charge < -0.3 is 15.1 Å². The number of halogens is 2. The molecule has 0 aliphatic rings. The van der Waals surface area contributed by atoms with Crippen molar-refractivity contribution in [1.82, 2.24) is 5.32 Å². The van der Waals surface area contributed by atoms with Gasteiger partial charge in [-0.25, -0.2) is 0 Å². The number of nitrogens with one attached hydrogen (secondary N) is 2. The Kier molecular flexibility index (Phi) is 5.84. The molecule has 7 heteroatoms. The minimum atomic E-state index is -1.07. The molecule has 0 spiro atoms. The second kappa shape index (κ2) is 8.29. The lowest BCUT2D eigenvalue weighted by atomic mass is 10.1. The number of rotatable bonds is 6. The third-order valence-electron chi connectivity index (χ3n) is 3.85. The van der Waals surface area contributed by atoms with Gasteiger partial charge in [0.25, 0.3) is 5.91 Å². The number of amides is 1. The molecule has 1 heterocycles. The van der Waals surface area contributed by atoms with Crippen molar-refractivity contribution in [2.24, 2.45) is 0 Å². The molecule has 0 saturated carbocycles. The van der Waals surface area contributed by atoms with Gasteiger partial charge in [0.1, 0.15) is 0 Å². The molecule has 0 radical (unpaired) electrons. The van der Waals surface area contributed by atoms with E-state index in [0.29, 0.717) is 21.3 Å². The SMILES string of the molecule is Cc1ccc(C(=O)[C@@H](NC(=O)c2ccco2)Nc2cc(Cl)ccc2Cl)cc1. The van der Waals surface area contributed by atoms with Crippen LogP contribution in [0.1, 0.15) is 26.5 Å². The second-order valence-corrected chi connectivity index (χ2v) is 6.73. The third kappa shape index (κ3) is 4.70. The molecule has 0 unspecified atom stereocenters. The fourth-order valence-corrected chi connectivity index (χ4v) is 2.77. The van der Waals surface area contributed by atoms with Gasteiger partial charge in [-0.2, -0.15) is 0 Å². The van der Waals surface area contributed by atoms with Crippen LogP contribution in [0.2, 0.25) is 10.0 Å². The number of Topliss-reactive ketones (excluding diaryl/α,β-unsaturated/α-hetero) is 1. The average Bonchev–Trinajstić information content (AvgIpc) is 3.19. The normalized spacial score (nSPS) is 11.7. The number of aryl methyl sites for hydroxylation is 1. The van der Waals surface area contributed by atoms with Crippen LogP contribution in [0, 0.1) is 6.92 Å². The molecule has 5 nitrogen and oxygen atoms in total. The number of ketones is 1. The first-order chi connectivity index (χ1) is 12.9. The predicted octanol–water partition coefficient (Wildman–Crippen LogP) is 4.95. The Morgan fingerprint density at radius 1 is 1.04 bits per heavy atom. The van der Waals surface area contributed by atoms with Gasteiger partial charge in [-0.05, 0) is 37.3 Å². The zero-order valence-electron chi connectivity index (χ0n) is 14.3. The highest BCUT2D eigenvalue weighted by atomic mass is 35.5. The molecule has 1 atom stereocenters. The maximum absolute atomic E-state index is 13.0. The van der Waals surface area contributed by atoms with Crippen molar-refractivity contribution in [1.29, 1.82) is 0 Å². The lowest BCUT2D eigenvalue weighted by Crippen LogP contribution is -2.46. The molecule has 27 heavy (non-hydrogen) atoms. The van der Waals surface area contributed by atoms with E-state index < -0.39 is 12.1 Å². The average molecular weight is 403 g/mol. The van der Waals surface area contributed by atoms with E-state index in [1.54, 1.807) is 36.4 Å². The summed E-state index contributed by atoms with van der Waals surface area (Å²) in [5, 5.41) is 6.40.